The van der Waals surface area contributed by atoms with Crippen LogP contribution in [-0.2, 0) is 12.4 Å². The van der Waals surface area contributed by atoms with Gasteiger partial charge in [-0.2, -0.15) is 41.4 Å². The van der Waals surface area contributed by atoms with Crippen LogP contribution in [0.2, 0.25) is 0 Å². The van der Waals surface area contributed by atoms with Gasteiger partial charge in [-0.15, -0.1) is 0 Å². The van der Waals surface area contributed by atoms with E-state index in [2.05, 4.69) is 10.1 Å². The molecule has 28 heavy (non-hydrogen) atoms. The second kappa shape index (κ2) is 6.56. The zero-order chi connectivity index (χ0) is 20.7. The van der Waals surface area contributed by atoms with E-state index < -0.39 is 23.5 Å². The van der Waals surface area contributed by atoms with Gasteiger partial charge in [0.2, 0.25) is 0 Å². The molecular weight excluding hydrogens is 388 g/mol. The molecule has 0 spiro atoms. The van der Waals surface area contributed by atoms with Crippen LogP contribution in [-0.4, -0.2) is 14.8 Å². The monoisotopic (exact) mass is 397 g/mol. The van der Waals surface area contributed by atoms with E-state index in [0.29, 0.717) is 6.07 Å². The first-order chi connectivity index (χ1) is 13.0. The van der Waals surface area contributed by atoms with Crippen molar-refractivity contribution in [3.63, 3.8) is 0 Å². The number of hydrogen-bond donors (Lipinski definition) is 1. The van der Waals surface area contributed by atoms with Crippen molar-refractivity contribution < 1.29 is 26.3 Å². The highest BCUT2D eigenvalue weighted by Gasteiger charge is 2.32. The van der Waals surface area contributed by atoms with E-state index in [4.69, 9.17) is 5.73 Å². The Labute approximate surface area is 153 Å². The molecule has 0 aliphatic rings. The van der Waals surface area contributed by atoms with Gasteiger partial charge in [0, 0.05) is 11.8 Å². The molecule has 0 unspecified atom stereocenters. The molecule has 0 aliphatic carbocycles. The van der Waals surface area contributed by atoms with Gasteiger partial charge < -0.3 is 5.73 Å². The smallest absolute Gasteiger partial charge is 0.382 e. The third kappa shape index (κ3) is 3.48. The van der Waals surface area contributed by atoms with E-state index in [-0.39, 0.29) is 28.5 Å². The van der Waals surface area contributed by atoms with Crippen LogP contribution in [0.15, 0.2) is 42.6 Å². The molecule has 2 aromatic heterocycles. The number of nitrogens with two attached hydrogens (primary N) is 1. The van der Waals surface area contributed by atoms with Gasteiger partial charge in [-0.25, -0.2) is 4.98 Å². The van der Waals surface area contributed by atoms with Crippen molar-refractivity contribution >= 4 is 5.82 Å². The lowest BCUT2D eigenvalue weighted by molar-refractivity contribution is -0.138. The van der Waals surface area contributed by atoms with E-state index in [0.717, 1.165) is 35.1 Å². The van der Waals surface area contributed by atoms with Gasteiger partial charge in [0.05, 0.1) is 11.1 Å². The summed E-state index contributed by atoms with van der Waals surface area (Å²) < 4.78 is 78.3. The Morgan fingerprint density at radius 1 is 0.964 bits per heavy atom. The van der Waals surface area contributed by atoms with Gasteiger partial charge in [0.25, 0.3) is 0 Å². The molecule has 2 N–H and O–H groups in total. The van der Waals surface area contributed by atoms with Crippen LogP contribution in [0.3, 0.4) is 0 Å². The Bertz CT molecular complexity index is 1070. The summed E-state index contributed by atoms with van der Waals surface area (Å²) in [4.78, 5) is 3.75. The number of hydrogen-bond acceptors (Lipinski definition) is 4. The first kappa shape index (κ1) is 19.2. The second-order valence-electron chi connectivity index (χ2n) is 5.61. The molecule has 0 amide bonds. The number of alkyl halides is 6. The van der Waals surface area contributed by atoms with Crippen LogP contribution < -0.4 is 5.73 Å². The number of halogens is 6. The fraction of sp³-hybridized carbons (Fsp3) is 0.118. The van der Waals surface area contributed by atoms with Crippen LogP contribution in [0.5, 0.6) is 0 Å². The molecule has 144 valence electrons. The summed E-state index contributed by atoms with van der Waals surface area (Å²) in [5, 5.41) is 13.3. The Hall–Kier alpha value is -3.55. The molecule has 2 heterocycles. The van der Waals surface area contributed by atoms with Crippen molar-refractivity contribution in [3.8, 4) is 23.1 Å². The minimum Gasteiger partial charge on any atom is -0.382 e. The van der Waals surface area contributed by atoms with E-state index in [9.17, 15) is 31.6 Å². The zero-order valence-electron chi connectivity index (χ0n) is 13.7. The Kier molecular flexibility index (Phi) is 4.50. The molecule has 0 saturated heterocycles. The van der Waals surface area contributed by atoms with Gasteiger partial charge in [0.15, 0.2) is 5.82 Å². The summed E-state index contributed by atoms with van der Waals surface area (Å²) >= 11 is 0. The van der Waals surface area contributed by atoms with Crippen LogP contribution in [0.25, 0.3) is 17.1 Å². The van der Waals surface area contributed by atoms with Gasteiger partial charge in [-0.1, -0.05) is 12.1 Å². The number of nitrogen functional groups attached to an aromatic ring is 1. The van der Waals surface area contributed by atoms with Crippen molar-refractivity contribution in [1.29, 1.82) is 5.26 Å². The maximum Gasteiger partial charge on any atom is 0.416 e. The minimum atomic E-state index is -4.65. The first-order valence-corrected chi connectivity index (χ1v) is 7.52. The molecule has 0 atom stereocenters. The molecule has 0 fully saturated rings. The van der Waals surface area contributed by atoms with Gasteiger partial charge >= 0.3 is 12.4 Å². The van der Waals surface area contributed by atoms with Gasteiger partial charge in [-0.3, -0.25) is 0 Å². The third-order valence-electron chi connectivity index (χ3n) is 3.79. The van der Waals surface area contributed by atoms with E-state index >= 15 is 0 Å². The molecule has 3 rings (SSSR count). The van der Waals surface area contributed by atoms with E-state index in [1.54, 1.807) is 6.07 Å². The highest BCUT2D eigenvalue weighted by Crippen LogP contribution is 2.35. The lowest BCUT2D eigenvalue weighted by Crippen LogP contribution is -2.09. The van der Waals surface area contributed by atoms with Gasteiger partial charge in [0.1, 0.15) is 23.1 Å². The summed E-state index contributed by atoms with van der Waals surface area (Å²) in [6, 6.07) is 7.13. The number of aromatic nitrogens is 3. The molecule has 0 saturated carbocycles. The standard InChI is InChI=1S/C17H9F6N5/c18-16(19,20)10-3-1-2-9(6-10)14-12(8-24)15(25)28(27-14)13-7-11(4-5-26-13)17(21,22)23/h1-7H,25H2. The fourth-order valence-electron chi connectivity index (χ4n) is 2.47. The minimum absolute atomic E-state index is 0.0659. The van der Waals surface area contributed by atoms with Crippen LogP contribution in [0, 0.1) is 11.3 Å². The Morgan fingerprint density at radius 2 is 1.61 bits per heavy atom. The lowest BCUT2D eigenvalue weighted by atomic mass is 10.1. The lowest BCUT2D eigenvalue weighted by Gasteiger charge is -2.09. The second-order valence-corrected chi connectivity index (χ2v) is 5.61. The maximum atomic E-state index is 12.9. The number of anilines is 1. The first-order valence-electron chi connectivity index (χ1n) is 7.52. The van der Waals surface area contributed by atoms with Crippen LogP contribution in [0.4, 0.5) is 32.2 Å². The summed E-state index contributed by atoms with van der Waals surface area (Å²) in [6.45, 7) is 0. The molecular formula is C17H9F6N5. The number of benzene rings is 1. The summed E-state index contributed by atoms with van der Waals surface area (Å²) in [5.74, 6) is -0.677. The van der Waals surface area contributed by atoms with Crippen molar-refractivity contribution in [1.82, 2.24) is 14.8 Å². The Balaban J connectivity index is 2.17. The molecule has 11 heteroatoms. The normalized spacial score (nSPS) is 12.0. The number of nitrogens with zero attached hydrogens (tertiary/aromatic N) is 4. The molecule has 0 aliphatic heterocycles. The van der Waals surface area contributed by atoms with Crippen LogP contribution in [0.1, 0.15) is 16.7 Å². The summed E-state index contributed by atoms with van der Waals surface area (Å²) in [5.41, 5.74) is 3.26. The fourth-order valence-corrected chi connectivity index (χ4v) is 2.47. The molecule has 0 bridgehead atoms. The maximum absolute atomic E-state index is 12.9. The predicted molar refractivity (Wildman–Crippen MR) is 85.9 cm³/mol. The van der Waals surface area contributed by atoms with E-state index in [1.807, 2.05) is 0 Å². The average molecular weight is 397 g/mol. The number of rotatable bonds is 2. The molecule has 3 aromatic rings. The van der Waals surface area contributed by atoms with Crippen molar-refractivity contribution in [2.24, 2.45) is 0 Å². The molecule has 0 radical (unpaired) electrons. The number of nitriles is 1. The third-order valence-corrected chi connectivity index (χ3v) is 3.79. The molecule has 5 nitrogen and oxygen atoms in total. The quantitative estimate of drug-likeness (QED) is 0.649. The topological polar surface area (TPSA) is 80.5 Å². The predicted octanol–water partition coefficient (Wildman–Crippen LogP) is 4.43. The average Bonchev–Trinajstić information content (AvgIpc) is 2.97. The van der Waals surface area contributed by atoms with Crippen molar-refractivity contribution in [2.75, 3.05) is 5.73 Å². The summed E-state index contributed by atoms with van der Waals surface area (Å²) in [7, 11) is 0. The largest absolute Gasteiger partial charge is 0.416 e. The number of pyridine rings is 1. The van der Waals surface area contributed by atoms with Crippen LogP contribution >= 0.6 is 0 Å². The zero-order valence-corrected chi connectivity index (χ0v) is 13.7. The van der Waals surface area contributed by atoms with Crippen molar-refractivity contribution in [3.05, 3.63) is 59.3 Å². The highest BCUT2D eigenvalue weighted by molar-refractivity contribution is 5.74. The van der Waals surface area contributed by atoms with Crippen molar-refractivity contribution in [2.45, 2.75) is 12.4 Å². The van der Waals surface area contributed by atoms with E-state index in [1.165, 1.54) is 6.07 Å². The SMILES string of the molecule is N#Cc1c(-c2cccc(C(F)(F)F)c2)nn(-c2cc(C(F)(F)F)ccn2)c1N. The summed E-state index contributed by atoms with van der Waals surface area (Å²) in [6.07, 6.45) is -8.39. The Morgan fingerprint density at radius 3 is 2.21 bits per heavy atom. The van der Waals surface area contributed by atoms with Gasteiger partial charge in [-0.05, 0) is 24.3 Å². The molecule has 1 aromatic carbocycles. The highest BCUT2D eigenvalue weighted by atomic mass is 19.4.